The van der Waals surface area contributed by atoms with Gasteiger partial charge >= 0.3 is 0 Å². The fraction of sp³-hybridized carbons (Fsp3) is 0.294. The molecule has 28 heavy (non-hydrogen) atoms. The van der Waals surface area contributed by atoms with Gasteiger partial charge in [0.15, 0.2) is 3.92 Å². The molecule has 0 saturated heterocycles. The Bertz CT molecular complexity index is 998. The molecule has 148 valence electrons. The van der Waals surface area contributed by atoms with Gasteiger partial charge in [-0.25, -0.2) is 23.4 Å². The summed E-state index contributed by atoms with van der Waals surface area (Å²) < 4.78 is 29.7. The number of aryl methyl sites for hydroxylation is 1. The molecule has 0 aliphatic carbocycles. The third kappa shape index (κ3) is 4.10. The Morgan fingerprint density at radius 3 is 2.79 bits per heavy atom. The molecule has 0 aliphatic rings. The minimum atomic E-state index is -1.92. The number of aromatic nitrogens is 4. The van der Waals surface area contributed by atoms with Gasteiger partial charge in [0.2, 0.25) is 0 Å². The van der Waals surface area contributed by atoms with Crippen LogP contribution in [-0.4, -0.2) is 36.8 Å². The highest BCUT2D eigenvalue weighted by Gasteiger charge is 2.40. The van der Waals surface area contributed by atoms with Crippen LogP contribution in [0.2, 0.25) is 0 Å². The second-order valence-corrected chi connectivity index (χ2v) is 8.49. The van der Waals surface area contributed by atoms with Crippen molar-refractivity contribution in [3.05, 3.63) is 62.5 Å². The predicted octanol–water partition coefficient (Wildman–Crippen LogP) is 2.79. The van der Waals surface area contributed by atoms with Crippen LogP contribution in [0.25, 0.3) is 0 Å². The van der Waals surface area contributed by atoms with Crippen LogP contribution in [0.5, 0.6) is 0 Å². The lowest BCUT2D eigenvalue weighted by molar-refractivity contribution is -0.0185. The van der Waals surface area contributed by atoms with Gasteiger partial charge in [0, 0.05) is 11.6 Å². The van der Waals surface area contributed by atoms with Crippen molar-refractivity contribution >= 4 is 33.2 Å². The molecule has 0 fully saturated rings. The minimum absolute atomic E-state index is 0.167. The maximum atomic E-state index is 14.5. The van der Waals surface area contributed by atoms with Gasteiger partial charge in [0.1, 0.15) is 34.8 Å². The summed E-state index contributed by atoms with van der Waals surface area (Å²) in [7, 11) is 0. The smallest absolute Gasteiger partial charge is 0.263 e. The van der Waals surface area contributed by atoms with Crippen LogP contribution < -0.4 is 5.32 Å². The molecule has 3 aromatic rings. The molecule has 0 spiro atoms. The first-order valence-corrected chi connectivity index (χ1v) is 9.75. The summed E-state index contributed by atoms with van der Waals surface area (Å²) in [4.78, 5) is 20.9. The quantitative estimate of drug-likeness (QED) is 0.576. The van der Waals surface area contributed by atoms with Gasteiger partial charge < -0.3 is 10.4 Å². The summed E-state index contributed by atoms with van der Waals surface area (Å²) in [5, 5.41) is 18.0. The molecule has 2 N–H and O–H groups in total. The largest absolute Gasteiger partial charge is 0.381 e. The lowest BCUT2D eigenvalue weighted by Gasteiger charge is -2.35. The Morgan fingerprint density at radius 2 is 2.21 bits per heavy atom. The molecule has 2 heterocycles. The van der Waals surface area contributed by atoms with Crippen molar-refractivity contribution in [2.24, 2.45) is 0 Å². The van der Waals surface area contributed by atoms with E-state index in [9.17, 15) is 18.7 Å². The Kier molecular flexibility index (Phi) is 5.87. The monoisotopic (exact) mass is 471 g/mol. The highest BCUT2D eigenvalue weighted by Crippen LogP contribution is 2.31. The topological polar surface area (TPSA) is 92.9 Å². The van der Waals surface area contributed by atoms with Crippen molar-refractivity contribution in [3.8, 4) is 0 Å². The van der Waals surface area contributed by atoms with Crippen molar-refractivity contribution in [3.63, 3.8) is 0 Å². The van der Waals surface area contributed by atoms with Crippen LogP contribution in [0.4, 0.5) is 8.78 Å². The SMILES string of the molecule is Cc1nc(Br)sc1C(=O)NC(C)[C@](O)(Cn1cncn1)c1ccc(F)cc1F. The lowest BCUT2D eigenvalue weighted by Crippen LogP contribution is -2.51. The highest BCUT2D eigenvalue weighted by atomic mass is 79.9. The number of amides is 1. The minimum Gasteiger partial charge on any atom is -0.381 e. The molecule has 2 atom stereocenters. The van der Waals surface area contributed by atoms with Gasteiger partial charge in [0.05, 0.1) is 18.3 Å². The second-order valence-electron chi connectivity index (χ2n) is 6.22. The summed E-state index contributed by atoms with van der Waals surface area (Å²) in [6, 6.07) is 1.92. The summed E-state index contributed by atoms with van der Waals surface area (Å²) in [5.41, 5.74) is -1.56. The Labute approximate surface area is 171 Å². The van der Waals surface area contributed by atoms with Gasteiger partial charge in [-0.2, -0.15) is 5.10 Å². The highest BCUT2D eigenvalue weighted by molar-refractivity contribution is 9.11. The molecule has 3 rings (SSSR count). The first-order valence-electron chi connectivity index (χ1n) is 8.15. The number of hydrogen-bond acceptors (Lipinski definition) is 6. The first kappa shape index (κ1) is 20.5. The van der Waals surface area contributed by atoms with Crippen molar-refractivity contribution in [1.82, 2.24) is 25.1 Å². The van der Waals surface area contributed by atoms with Crippen LogP contribution in [0.15, 0.2) is 34.8 Å². The standard InChI is InChI=1S/C17H16BrF2N5O2S/c1-9-14(28-16(18)23-9)15(26)24-10(2)17(27,6-25-8-21-7-22-25)12-4-3-11(19)5-13(12)20/h3-5,7-8,10,27H,6H2,1-2H3,(H,24,26)/t10?,17-/m1/s1. The normalized spacial score (nSPS) is 14.5. The van der Waals surface area contributed by atoms with Crippen LogP contribution in [0.1, 0.15) is 27.9 Å². The average Bonchev–Trinajstić information content (AvgIpc) is 3.23. The van der Waals surface area contributed by atoms with Crippen LogP contribution in [0, 0.1) is 18.6 Å². The van der Waals surface area contributed by atoms with Crippen LogP contribution >= 0.6 is 27.3 Å². The number of nitrogens with zero attached hydrogens (tertiary/aromatic N) is 4. The molecule has 0 saturated carbocycles. The number of halogens is 3. The zero-order chi connectivity index (χ0) is 20.5. The molecule has 11 heteroatoms. The summed E-state index contributed by atoms with van der Waals surface area (Å²) in [6.45, 7) is 3.01. The summed E-state index contributed by atoms with van der Waals surface area (Å²) in [5.74, 6) is -2.17. The molecule has 0 aliphatic heterocycles. The number of rotatable bonds is 6. The summed E-state index contributed by atoms with van der Waals surface area (Å²) >= 11 is 4.37. The van der Waals surface area contributed by atoms with Gasteiger partial charge in [-0.05, 0) is 35.8 Å². The van der Waals surface area contributed by atoms with E-state index in [1.165, 1.54) is 24.3 Å². The fourth-order valence-corrected chi connectivity index (χ4v) is 4.26. The van der Waals surface area contributed by atoms with Gasteiger partial charge in [-0.15, -0.1) is 11.3 Å². The molecule has 1 amide bonds. The maximum absolute atomic E-state index is 14.5. The molecule has 1 unspecified atom stereocenters. The average molecular weight is 472 g/mol. The number of nitrogens with one attached hydrogen (secondary N) is 1. The number of thiazole rings is 1. The van der Waals surface area contributed by atoms with E-state index in [1.807, 2.05) is 0 Å². The molecule has 2 aromatic heterocycles. The third-order valence-corrected chi connectivity index (χ3v) is 5.92. The van der Waals surface area contributed by atoms with Crippen LogP contribution in [-0.2, 0) is 12.1 Å². The van der Waals surface area contributed by atoms with E-state index in [2.05, 4.69) is 36.3 Å². The second kappa shape index (κ2) is 8.02. The van der Waals surface area contributed by atoms with E-state index < -0.39 is 29.2 Å². The van der Waals surface area contributed by atoms with Crippen molar-refractivity contribution in [2.45, 2.75) is 32.0 Å². The Balaban J connectivity index is 1.95. The van der Waals surface area contributed by atoms with E-state index >= 15 is 0 Å². The fourth-order valence-electron chi connectivity index (χ4n) is 2.81. The maximum Gasteiger partial charge on any atom is 0.263 e. The van der Waals surface area contributed by atoms with Crippen molar-refractivity contribution < 1.29 is 18.7 Å². The molecule has 0 radical (unpaired) electrons. The van der Waals surface area contributed by atoms with Gasteiger partial charge in [-0.3, -0.25) is 4.79 Å². The third-order valence-electron chi connectivity index (χ3n) is 4.31. The van der Waals surface area contributed by atoms with E-state index in [0.29, 0.717) is 20.6 Å². The van der Waals surface area contributed by atoms with Gasteiger partial charge in [-0.1, -0.05) is 6.07 Å². The lowest BCUT2D eigenvalue weighted by atomic mass is 9.86. The van der Waals surface area contributed by atoms with Crippen molar-refractivity contribution in [1.29, 1.82) is 0 Å². The Morgan fingerprint density at radius 1 is 1.46 bits per heavy atom. The molecule has 7 nitrogen and oxygen atoms in total. The molecule has 0 bridgehead atoms. The molecular formula is C17H16BrF2N5O2S. The molecular weight excluding hydrogens is 456 g/mol. The summed E-state index contributed by atoms with van der Waals surface area (Å²) in [6.07, 6.45) is 2.62. The van der Waals surface area contributed by atoms with E-state index in [1.54, 1.807) is 6.92 Å². The first-order chi connectivity index (χ1) is 13.2. The zero-order valence-corrected chi connectivity index (χ0v) is 17.3. The van der Waals surface area contributed by atoms with E-state index in [-0.39, 0.29) is 12.1 Å². The number of benzene rings is 1. The zero-order valence-electron chi connectivity index (χ0n) is 14.9. The number of carbonyl (C=O) groups excluding carboxylic acids is 1. The van der Waals surface area contributed by atoms with E-state index in [0.717, 1.165) is 23.5 Å². The van der Waals surface area contributed by atoms with Crippen LogP contribution in [0.3, 0.4) is 0 Å². The number of hydrogen-bond donors (Lipinski definition) is 2. The van der Waals surface area contributed by atoms with Gasteiger partial charge in [0.25, 0.3) is 5.91 Å². The number of aliphatic hydroxyl groups is 1. The Hall–Kier alpha value is -2.24. The molecule has 1 aromatic carbocycles. The van der Waals surface area contributed by atoms with E-state index in [4.69, 9.17) is 0 Å². The number of carbonyl (C=O) groups is 1. The predicted molar refractivity (Wildman–Crippen MR) is 102 cm³/mol. The van der Waals surface area contributed by atoms with Crippen molar-refractivity contribution in [2.75, 3.05) is 0 Å².